The van der Waals surface area contributed by atoms with Crippen LogP contribution >= 0.6 is 11.3 Å². The van der Waals surface area contributed by atoms with Crippen LogP contribution in [0.2, 0.25) is 0 Å². The molecule has 30 heavy (non-hydrogen) atoms. The van der Waals surface area contributed by atoms with Crippen LogP contribution in [0.5, 0.6) is 0 Å². The van der Waals surface area contributed by atoms with Crippen molar-refractivity contribution in [2.75, 3.05) is 4.72 Å². The third kappa shape index (κ3) is 5.06. The van der Waals surface area contributed by atoms with Gasteiger partial charge < -0.3 is 4.90 Å². The first-order valence-corrected chi connectivity index (χ1v) is 12.0. The second-order valence-electron chi connectivity index (χ2n) is 7.29. The van der Waals surface area contributed by atoms with Gasteiger partial charge in [-0.3, -0.25) is 9.52 Å². The van der Waals surface area contributed by atoms with Gasteiger partial charge in [-0.1, -0.05) is 30.3 Å². The average molecular weight is 445 g/mol. The highest BCUT2D eigenvalue weighted by molar-refractivity contribution is 7.94. The first kappa shape index (κ1) is 20.6. The van der Waals surface area contributed by atoms with Gasteiger partial charge in [0.25, 0.3) is 10.0 Å². The normalized spacial score (nSPS) is 13.8. The lowest BCUT2D eigenvalue weighted by atomic mass is 10.1. The first-order valence-electron chi connectivity index (χ1n) is 9.60. The highest BCUT2D eigenvalue weighted by atomic mass is 32.2. The molecule has 1 amide bonds. The van der Waals surface area contributed by atoms with Crippen LogP contribution in [0, 0.1) is 5.82 Å². The molecule has 1 aliphatic rings. The van der Waals surface area contributed by atoms with Crippen molar-refractivity contribution in [2.24, 2.45) is 0 Å². The lowest BCUT2D eigenvalue weighted by Gasteiger charge is -2.23. The molecule has 0 bridgehead atoms. The Morgan fingerprint density at radius 2 is 1.83 bits per heavy atom. The molecule has 5 nitrogen and oxygen atoms in total. The predicted molar refractivity (Wildman–Crippen MR) is 115 cm³/mol. The fourth-order valence-corrected chi connectivity index (χ4v) is 5.28. The summed E-state index contributed by atoms with van der Waals surface area (Å²) in [5.74, 6) is -0.329. The quantitative estimate of drug-likeness (QED) is 0.559. The van der Waals surface area contributed by atoms with Crippen molar-refractivity contribution in [1.29, 1.82) is 0 Å². The van der Waals surface area contributed by atoms with E-state index >= 15 is 0 Å². The van der Waals surface area contributed by atoms with E-state index < -0.39 is 10.0 Å². The number of halogens is 1. The number of anilines is 1. The lowest BCUT2D eigenvalue weighted by Crippen LogP contribution is -2.33. The number of thiophene rings is 1. The van der Waals surface area contributed by atoms with E-state index in [0.29, 0.717) is 12.2 Å². The van der Waals surface area contributed by atoms with Crippen molar-refractivity contribution >= 4 is 33.0 Å². The summed E-state index contributed by atoms with van der Waals surface area (Å²) in [7, 11) is -3.60. The monoisotopic (exact) mass is 444 g/mol. The van der Waals surface area contributed by atoms with Gasteiger partial charge in [0.2, 0.25) is 5.91 Å². The smallest absolute Gasteiger partial charge is 0.271 e. The van der Waals surface area contributed by atoms with Crippen molar-refractivity contribution in [3.8, 4) is 0 Å². The Hall–Kier alpha value is -2.71. The summed E-state index contributed by atoms with van der Waals surface area (Å²) in [6.07, 6.45) is 2.14. The topological polar surface area (TPSA) is 66.5 Å². The molecule has 4 rings (SSSR count). The largest absolute Gasteiger partial charge is 0.335 e. The summed E-state index contributed by atoms with van der Waals surface area (Å²) in [4.78, 5) is 14.7. The fraction of sp³-hybridized carbons (Fsp3) is 0.227. The molecule has 1 saturated carbocycles. The van der Waals surface area contributed by atoms with Crippen molar-refractivity contribution in [3.05, 3.63) is 83.0 Å². The third-order valence-electron chi connectivity index (χ3n) is 4.87. The number of hydrogen-bond donors (Lipinski definition) is 1. The van der Waals surface area contributed by atoms with Gasteiger partial charge in [-0.05, 0) is 59.7 Å². The van der Waals surface area contributed by atoms with Crippen LogP contribution in [0.1, 0.15) is 24.0 Å². The summed E-state index contributed by atoms with van der Waals surface area (Å²) < 4.78 is 40.9. The number of carbonyl (C=O) groups is 1. The van der Waals surface area contributed by atoms with Gasteiger partial charge in [0.15, 0.2) is 0 Å². The van der Waals surface area contributed by atoms with E-state index in [2.05, 4.69) is 4.72 Å². The third-order valence-corrected chi connectivity index (χ3v) is 7.65. The van der Waals surface area contributed by atoms with Crippen LogP contribution < -0.4 is 4.72 Å². The SMILES string of the molecule is O=C(Cc1ccc(NS(=O)(=O)c2cccs2)cc1)N(Cc1cccc(F)c1)C1CC1. The zero-order chi connectivity index (χ0) is 21.1. The van der Waals surface area contributed by atoms with Crippen LogP contribution in [0.25, 0.3) is 0 Å². The van der Waals surface area contributed by atoms with E-state index in [-0.39, 0.29) is 28.4 Å². The molecule has 1 fully saturated rings. The van der Waals surface area contributed by atoms with Gasteiger partial charge in [0.05, 0.1) is 6.42 Å². The number of nitrogens with zero attached hydrogens (tertiary/aromatic N) is 1. The minimum absolute atomic E-state index is 0.0197. The molecular formula is C22H21FN2O3S2. The van der Waals surface area contributed by atoms with E-state index in [1.165, 1.54) is 12.1 Å². The molecule has 0 radical (unpaired) electrons. The number of hydrogen-bond acceptors (Lipinski definition) is 4. The van der Waals surface area contributed by atoms with Crippen LogP contribution in [0.4, 0.5) is 10.1 Å². The van der Waals surface area contributed by atoms with Gasteiger partial charge in [-0.2, -0.15) is 0 Å². The molecule has 2 aromatic carbocycles. The minimum Gasteiger partial charge on any atom is -0.335 e. The Labute approximate surface area is 179 Å². The number of nitrogens with one attached hydrogen (secondary N) is 1. The van der Waals surface area contributed by atoms with Crippen LogP contribution in [-0.2, 0) is 27.8 Å². The standard InChI is InChI=1S/C22H21FN2O3S2/c23-18-4-1-3-17(13-18)15-25(20-10-11-20)21(26)14-16-6-8-19(9-7-16)24-30(27,28)22-5-2-12-29-22/h1-9,12-13,20,24H,10-11,14-15H2. The van der Waals surface area contributed by atoms with E-state index in [9.17, 15) is 17.6 Å². The van der Waals surface area contributed by atoms with E-state index in [0.717, 1.165) is 35.3 Å². The Morgan fingerprint density at radius 1 is 1.07 bits per heavy atom. The number of sulfonamides is 1. The molecule has 1 heterocycles. The molecule has 156 valence electrons. The molecule has 0 atom stereocenters. The van der Waals surface area contributed by atoms with Crippen LogP contribution in [-0.4, -0.2) is 25.3 Å². The maximum atomic E-state index is 13.5. The maximum Gasteiger partial charge on any atom is 0.271 e. The summed E-state index contributed by atoms with van der Waals surface area (Å²) in [6, 6.07) is 16.6. The summed E-state index contributed by atoms with van der Waals surface area (Å²) in [5, 5.41) is 1.71. The van der Waals surface area contributed by atoms with Gasteiger partial charge in [-0.15, -0.1) is 11.3 Å². The number of carbonyl (C=O) groups excluding carboxylic acids is 1. The zero-order valence-corrected chi connectivity index (χ0v) is 17.8. The molecule has 1 N–H and O–H groups in total. The molecule has 0 saturated heterocycles. The van der Waals surface area contributed by atoms with E-state index in [4.69, 9.17) is 0 Å². The van der Waals surface area contributed by atoms with E-state index in [1.54, 1.807) is 47.8 Å². The van der Waals surface area contributed by atoms with E-state index in [1.807, 2.05) is 11.0 Å². The van der Waals surface area contributed by atoms with Crippen molar-refractivity contribution in [1.82, 2.24) is 4.90 Å². The minimum atomic E-state index is -3.60. The summed E-state index contributed by atoms with van der Waals surface area (Å²) >= 11 is 1.15. The molecular weight excluding hydrogens is 423 g/mol. The van der Waals surface area contributed by atoms with Crippen LogP contribution in [0.3, 0.4) is 0 Å². The fourth-order valence-electron chi connectivity index (χ4n) is 3.23. The second-order valence-corrected chi connectivity index (χ2v) is 10.2. The highest BCUT2D eigenvalue weighted by Gasteiger charge is 2.32. The Kier molecular flexibility index (Phi) is 5.87. The Balaban J connectivity index is 1.41. The lowest BCUT2D eigenvalue weighted by molar-refractivity contribution is -0.131. The molecule has 8 heteroatoms. The molecule has 1 aromatic heterocycles. The van der Waals surface area contributed by atoms with Gasteiger partial charge >= 0.3 is 0 Å². The van der Waals surface area contributed by atoms with Gasteiger partial charge in [0, 0.05) is 18.3 Å². The molecule has 1 aliphatic carbocycles. The van der Waals surface area contributed by atoms with Crippen molar-refractivity contribution in [2.45, 2.75) is 36.1 Å². The molecule has 3 aromatic rings. The Bertz CT molecular complexity index is 1130. The summed E-state index contributed by atoms with van der Waals surface area (Å²) in [6.45, 7) is 0.389. The van der Waals surface area contributed by atoms with Crippen molar-refractivity contribution in [3.63, 3.8) is 0 Å². The van der Waals surface area contributed by atoms with Gasteiger partial charge in [0.1, 0.15) is 10.0 Å². The number of amides is 1. The van der Waals surface area contributed by atoms with Gasteiger partial charge in [-0.25, -0.2) is 12.8 Å². The number of benzene rings is 2. The maximum absolute atomic E-state index is 13.5. The predicted octanol–water partition coefficient (Wildman–Crippen LogP) is 4.42. The second kappa shape index (κ2) is 8.57. The Morgan fingerprint density at radius 3 is 2.47 bits per heavy atom. The van der Waals surface area contributed by atoms with Crippen LogP contribution in [0.15, 0.2) is 70.3 Å². The molecule has 0 unspecified atom stereocenters. The highest BCUT2D eigenvalue weighted by Crippen LogP contribution is 2.29. The number of rotatable bonds is 8. The first-order chi connectivity index (χ1) is 14.4. The molecule has 0 spiro atoms. The zero-order valence-electron chi connectivity index (χ0n) is 16.1. The average Bonchev–Trinajstić information content (AvgIpc) is 3.38. The van der Waals surface area contributed by atoms with Crippen molar-refractivity contribution < 1.29 is 17.6 Å². The molecule has 0 aliphatic heterocycles. The summed E-state index contributed by atoms with van der Waals surface area (Å²) in [5.41, 5.74) is 2.01.